The molecule has 0 fully saturated rings. The number of hydrogen-bond donors (Lipinski definition) is 2. The summed E-state index contributed by atoms with van der Waals surface area (Å²) in [5, 5.41) is 11.0. The Morgan fingerprint density at radius 1 is 1.39 bits per heavy atom. The number of carboxylic acid groups (broad SMARTS) is 1. The van der Waals surface area contributed by atoms with Crippen molar-refractivity contribution in [2.75, 3.05) is 19.0 Å². The molecule has 0 unspecified atom stereocenters. The van der Waals surface area contributed by atoms with Crippen molar-refractivity contribution in [1.82, 2.24) is 5.32 Å². The van der Waals surface area contributed by atoms with Crippen LogP contribution in [0.2, 0.25) is 0 Å². The summed E-state index contributed by atoms with van der Waals surface area (Å²) >= 11 is 6.33. The summed E-state index contributed by atoms with van der Waals surface area (Å²) in [6.45, 7) is 5.82. The molecule has 0 rings (SSSR count). The lowest BCUT2D eigenvalue weighted by Gasteiger charge is -2.19. The van der Waals surface area contributed by atoms with Gasteiger partial charge in [0, 0.05) is 0 Å². The fraction of sp³-hybridized carbons (Fsp3) is 0.778. The predicted octanol–water partition coefficient (Wildman–Crippen LogP) is 1.61. The van der Waals surface area contributed by atoms with E-state index in [0.29, 0.717) is 13.2 Å². The minimum Gasteiger partial charge on any atom is -0.480 e. The summed E-state index contributed by atoms with van der Waals surface area (Å²) in [7, 11) is 0. The summed E-state index contributed by atoms with van der Waals surface area (Å²) in [6, 6.07) is -0.921. The van der Waals surface area contributed by atoms with Crippen molar-refractivity contribution < 1.29 is 23.7 Å². The first-order valence-corrected chi connectivity index (χ1v) is 9.63. The molecule has 9 heteroatoms. The molecule has 18 heavy (non-hydrogen) atoms. The Bertz CT molecular complexity index is 329. The van der Waals surface area contributed by atoms with E-state index in [1.807, 2.05) is 0 Å². The van der Waals surface area contributed by atoms with Gasteiger partial charge in [-0.3, -0.25) is 9.59 Å². The first-order valence-electron chi connectivity index (χ1n) is 5.40. The number of nitrogens with one attached hydrogen (secondary N) is 1. The SMILES string of the molecule is CCOP(=S)(OCC)SCC(=O)N[C@H](C)C(=O)O. The van der Waals surface area contributed by atoms with Crippen LogP contribution in [0, 0.1) is 0 Å². The first kappa shape index (κ1) is 17.9. The number of amides is 1. The van der Waals surface area contributed by atoms with Gasteiger partial charge in [0.25, 0.3) is 0 Å². The minimum atomic E-state index is -2.50. The van der Waals surface area contributed by atoms with Gasteiger partial charge in [0.15, 0.2) is 0 Å². The van der Waals surface area contributed by atoms with Crippen LogP contribution < -0.4 is 5.32 Å². The van der Waals surface area contributed by atoms with Crippen LogP contribution in [0.4, 0.5) is 0 Å². The topological polar surface area (TPSA) is 84.9 Å². The van der Waals surface area contributed by atoms with E-state index in [4.69, 9.17) is 26.0 Å². The molecule has 2 N–H and O–H groups in total. The molecule has 1 atom stereocenters. The van der Waals surface area contributed by atoms with E-state index in [-0.39, 0.29) is 5.75 Å². The van der Waals surface area contributed by atoms with Gasteiger partial charge in [-0.1, -0.05) is 11.4 Å². The van der Waals surface area contributed by atoms with Gasteiger partial charge in [0.05, 0.1) is 19.0 Å². The first-order chi connectivity index (χ1) is 8.34. The fourth-order valence-corrected chi connectivity index (χ4v) is 5.14. The molecule has 0 spiro atoms. The molecule has 0 radical (unpaired) electrons. The summed E-state index contributed by atoms with van der Waals surface area (Å²) in [5.74, 6) is -1.46. The standard InChI is InChI=1S/C9H18NO5PS2/c1-4-14-16(17,15-5-2)18-6-8(11)10-7(3)9(12)13/h7H,4-6H2,1-3H3,(H,10,11)(H,12,13)/t7-/m1/s1. The van der Waals surface area contributed by atoms with Crippen LogP contribution in [-0.4, -0.2) is 42.0 Å². The molecule has 0 aliphatic carbocycles. The Labute approximate surface area is 116 Å². The zero-order valence-corrected chi connectivity index (χ0v) is 13.1. The van der Waals surface area contributed by atoms with Gasteiger partial charge in [-0.05, 0) is 32.6 Å². The molecule has 1 amide bonds. The molecule has 0 heterocycles. The third kappa shape index (κ3) is 7.33. The van der Waals surface area contributed by atoms with Crippen LogP contribution in [-0.2, 0) is 30.4 Å². The second-order valence-electron chi connectivity index (χ2n) is 3.18. The molecular formula is C9H18NO5PS2. The van der Waals surface area contributed by atoms with Crippen LogP contribution in [0.1, 0.15) is 20.8 Å². The molecule has 0 saturated heterocycles. The zero-order chi connectivity index (χ0) is 14.2. The molecule has 0 saturated carbocycles. The summed E-state index contributed by atoms with van der Waals surface area (Å²) < 4.78 is 10.7. The average Bonchev–Trinajstić information content (AvgIpc) is 2.27. The van der Waals surface area contributed by atoms with Gasteiger partial charge in [0.1, 0.15) is 6.04 Å². The summed E-state index contributed by atoms with van der Waals surface area (Å²) in [6.07, 6.45) is 0. The lowest BCUT2D eigenvalue weighted by Crippen LogP contribution is -2.39. The molecule has 0 bridgehead atoms. The van der Waals surface area contributed by atoms with Gasteiger partial charge in [-0.25, -0.2) is 0 Å². The average molecular weight is 315 g/mol. The quantitative estimate of drug-likeness (QED) is 0.625. The Balaban J connectivity index is 4.23. The van der Waals surface area contributed by atoms with Gasteiger partial charge >= 0.3 is 5.97 Å². The normalized spacial score (nSPS) is 13.1. The van der Waals surface area contributed by atoms with E-state index in [0.717, 1.165) is 11.4 Å². The Kier molecular flexibility index (Phi) is 8.81. The highest BCUT2D eigenvalue weighted by Crippen LogP contribution is 2.60. The van der Waals surface area contributed by atoms with Crippen molar-refractivity contribution in [2.45, 2.75) is 26.8 Å². The number of carbonyl (C=O) groups is 2. The van der Waals surface area contributed by atoms with Crippen molar-refractivity contribution in [3.63, 3.8) is 0 Å². The highest BCUT2D eigenvalue weighted by molar-refractivity contribution is 8.68. The van der Waals surface area contributed by atoms with Gasteiger partial charge in [-0.15, -0.1) is 0 Å². The van der Waals surface area contributed by atoms with E-state index in [9.17, 15) is 9.59 Å². The number of rotatable bonds is 9. The summed E-state index contributed by atoms with van der Waals surface area (Å²) in [5.41, 5.74) is -2.50. The molecule has 6 nitrogen and oxygen atoms in total. The number of aliphatic carboxylic acids is 1. The van der Waals surface area contributed by atoms with Crippen LogP contribution >= 0.6 is 17.1 Å². The maximum atomic E-state index is 11.5. The highest BCUT2D eigenvalue weighted by Gasteiger charge is 2.22. The minimum absolute atomic E-state index is 0.0227. The van der Waals surface area contributed by atoms with E-state index >= 15 is 0 Å². The monoisotopic (exact) mass is 315 g/mol. The Morgan fingerprint density at radius 3 is 2.28 bits per heavy atom. The molecular weight excluding hydrogens is 297 g/mol. The number of carbonyl (C=O) groups excluding carboxylic acids is 1. The fourth-order valence-electron chi connectivity index (χ4n) is 0.911. The predicted molar refractivity (Wildman–Crippen MR) is 75.2 cm³/mol. The second-order valence-corrected chi connectivity index (χ2v) is 9.49. The van der Waals surface area contributed by atoms with Gasteiger partial charge in [0.2, 0.25) is 11.6 Å². The van der Waals surface area contributed by atoms with E-state index in [1.165, 1.54) is 6.92 Å². The van der Waals surface area contributed by atoms with Crippen molar-refractivity contribution in [1.29, 1.82) is 0 Å². The van der Waals surface area contributed by atoms with E-state index in [2.05, 4.69) is 5.32 Å². The van der Waals surface area contributed by atoms with Crippen LogP contribution in [0.3, 0.4) is 0 Å². The maximum absolute atomic E-state index is 11.5. The van der Waals surface area contributed by atoms with Crippen LogP contribution in [0.5, 0.6) is 0 Å². The van der Waals surface area contributed by atoms with Crippen LogP contribution in [0.15, 0.2) is 0 Å². The van der Waals surface area contributed by atoms with Crippen molar-refractivity contribution in [2.24, 2.45) is 0 Å². The molecule has 0 aromatic heterocycles. The lowest BCUT2D eigenvalue weighted by molar-refractivity contribution is -0.140. The maximum Gasteiger partial charge on any atom is 0.325 e. The van der Waals surface area contributed by atoms with E-state index < -0.39 is 23.6 Å². The highest BCUT2D eigenvalue weighted by atomic mass is 32.9. The van der Waals surface area contributed by atoms with E-state index in [1.54, 1.807) is 13.8 Å². The van der Waals surface area contributed by atoms with Gasteiger partial charge in [-0.2, -0.15) is 0 Å². The van der Waals surface area contributed by atoms with Crippen molar-refractivity contribution in [3.8, 4) is 0 Å². The second kappa shape index (κ2) is 8.87. The molecule has 0 aromatic carbocycles. The largest absolute Gasteiger partial charge is 0.480 e. The van der Waals surface area contributed by atoms with Crippen molar-refractivity contribution in [3.05, 3.63) is 0 Å². The van der Waals surface area contributed by atoms with Crippen molar-refractivity contribution >= 4 is 40.8 Å². The third-order valence-corrected chi connectivity index (χ3v) is 7.08. The Hall–Kier alpha value is -0.140. The molecule has 0 aliphatic heterocycles. The zero-order valence-electron chi connectivity index (χ0n) is 10.5. The Morgan fingerprint density at radius 2 is 1.89 bits per heavy atom. The number of hydrogen-bond acceptors (Lipinski definition) is 6. The molecule has 0 aliphatic rings. The molecule has 106 valence electrons. The van der Waals surface area contributed by atoms with Gasteiger partial charge < -0.3 is 19.5 Å². The smallest absolute Gasteiger partial charge is 0.325 e. The van der Waals surface area contributed by atoms with Crippen LogP contribution in [0.25, 0.3) is 0 Å². The lowest BCUT2D eigenvalue weighted by atomic mass is 10.3. The number of carboxylic acids is 1. The summed E-state index contributed by atoms with van der Waals surface area (Å²) in [4.78, 5) is 22.0. The molecule has 0 aromatic rings. The third-order valence-electron chi connectivity index (χ3n) is 1.68.